The van der Waals surface area contributed by atoms with Crippen molar-refractivity contribution < 1.29 is 19.2 Å². The van der Waals surface area contributed by atoms with Crippen LogP contribution >= 0.6 is 23.4 Å². The highest BCUT2D eigenvalue weighted by molar-refractivity contribution is 7.98. The molecule has 25 heavy (non-hydrogen) atoms. The fourth-order valence-electron chi connectivity index (χ4n) is 2.45. The number of carbonyl (C=O) groups excluding carboxylic acids is 1. The predicted octanol–water partition coefficient (Wildman–Crippen LogP) is 3.51. The molecule has 0 bridgehead atoms. The van der Waals surface area contributed by atoms with Crippen LogP contribution in [0.5, 0.6) is 5.75 Å². The maximum absolute atomic E-state index is 11.3. The minimum Gasteiger partial charge on any atom is -0.467 e. The van der Waals surface area contributed by atoms with Crippen molar-refractivity contribution in [3.8, 4) is 5.75 Å². The number of nitro benzene ring substituents is 1. The highest BCUT2D eigenvalue weighted by Gasteiger charge is 2.20. The zero-order valence-electron chi connectivity index (χ0n) is 12.9. The number of fused-ring (bicyclic) bond motifs is 1. The number of hydrogen-bond acceptors (Lipinski definition) is 6. The maximum atomic E-state index is 11.3. The van der Waals surface area contributed by atoms with Crippen LogP contribution in [0.1, 0.15) is 21.5 Å². The van der Waals surface area contributed by atoms with Crippen LogP contribution < -0.4 is 10.5 Å². The van der Waals surface area contributed by atoms with Crippen molar-refractivity contribution in [3.63, 3.8) is 0 Å². The SMILES string of the molecule is NC(=O)c1ccc(SCc2cc(Cl)cc3c2OCOC3)c([N+](=O)[O-])c1. The van der Waals surface area contributed by atoms with Gasteiger partial charge in [-0.05, 0) is 24.3 Å². The molecule has 1 aliphatic rings. The Morgan fingerprint density at radius 1 is 1.36 bits per heavy atom. The number of nitrogens with two attached hydrogens (primary N) is 1. The molecule has 0 atom stereocenters. The second-order valence-corrected chi connectivity index (χ2v) is 6.71. The molecule has 7 nitrogen and oxygen atoms in total. The van der Waals surface area contributed by atoms with E-state index in [0.717, 1.165) is 11.1 Å². The van der Waals surface area contributed by atoms with Gasteiger partial charge in [-0.15, -0.1) is 11.8 Å². The van der Waals surface area contributed by atoms with E-state index in [1.165, 1.54) is 30.0 Å². The molecule has 2 N–H and O–H groups in total. The lowest BCUT2D eigenvalue weighted by molar-refractivity contribution is -0.387. The maximum Gasteiger partial charge on any atom is 0.283 e. The van der Waals surface area contributed by atoms with Crippen LogP contribution in [0, 0.1) is 10.1 Å². The molecule has 0 fully saturated rings. The first kappa shape index (κ1) is 17.5. The highest BCUT2D eigenvalue weighted by Crippen LogP contribution is 2.38. The van der Waals surface area contributed by atoms with Gasteiger partial charge in [0.2, 0.25) is 5.91 Å². The van der Waals surface area contributed by atoms with Gasteiger partial charge in [-0.2, -0.15) is 0 Å². The smallest absolute Gasteiger partial charge is 0.283 e. The molecule has 130 valence electrons. The Hall–Kier alpha value is -2.29. The van der Waals surface area contributed by atoms with Crippen molar-refractivity contribution in [2.45, 2.75) is 17.3 Å². The molecule has 0 radical (unpaired) electrons. The van der Waals surface area contributed by atoms with Crippen molar-refractivity contribution in [2.75, 3.05) is 6.79 Å². The average molecular weight is 381 g/mol. The summed E-state index contributed by atoms with van der Waals surface area (Å²) < 4.78 is 10.8. The molecular formula is C16H13ClN2O5S. The van der Waals surface area contributed by atoms with Gasteiger partial charge in [0.25, 0.3) is 5.69 Å². The van der Waals surface area contributed by atoms with Crippen LogP contribution in [0.15, 0.2) is 35.2 Å². The average Bonchev–Trinajstić information content (AvgIpc) is 2.59. The number of rotatable bonds is 5. The first-order valence-corrected chi connectivity index (χ1v) is 8.55. The summed E-state index contributed by atoms with van der Waals surface area (Å²) in [6.45, 7) is 0.556. The zero-order chi connectivity index (χ0) is 18.0. The normalized spacial score (nSPS) is 13.0. The van der Waals surface area contributed by atoms with Crippen LogP contribution in [0.25, 0.3) is 0 Å². The van der Waals surface area contributed by atoms with Gasteiger partial charge >= 0.3 is 0 Å². The Morgan fingerprint density at radius 3 is 2.88 bits per heavy atom. The summed E-state index contributed by atoms with van der Waals surface area (Å²) in [6.07, 6.45) is 0. The first-order valence-electron chi connectivity index (χ1n) is 7.18. The largest absolute Gasteiger partial charge is 0.467 e. The summed E-state index contributed by atoms with van der Waals surface area (Å²) in [6, 6.07) is 7.71. The molecule has 1 aliphatic heterocycles. The van der Waals surface area contributed by atoms with E-state index < -0.39 is 10.8 Å². The number of halogens is 1. The van der Waals surface area contributed by atoms with E-state index >= 15 is 0 Å². The number of benzene rings is 2. The first-order chi connectivity index (χ1) is 12.0. The quantitative estimate of drug-likeness (QED) is 0.483. The molecule has 0 aromatic heterocycles. The zero-order valence-corrected chi connectivity index (χ0v) is 14.4. The molecule has 2 aromatic rings. The summed E-state index contributed by atoms with van der Waals surface area (Å²) >= 11 is 7.38. The third-order valence-corrected chi connectivity index (χ3v) is 4.90. The van der Waals surface area contributed by atoms with Crippen LogP contribution in [-0.4, -0.2) is 17.6 Å². The van der Waals surface area contributed by atoms with Crippen molar-refractivity contribution in [1.29, 1.82) is 0 Å². The fourth-order valence-corrected chi connectivity index (χ4v) is 3.69. The summed E-state index contributed by atoms with van der Waals surface area (Å²) in [7, 11) is 0. The van der Waals surface area contributed by atoms with Crippen molar-refractivity contribution in [3.05, 3.63) is 62.2 Å². The lowest BCUT2D eigenvalue weighted by Gasteiger charge is -2.21. The number of primary amides is 1. The molecule has 3 rings (SSSR count). The van der Waals surface area contributed by atoms with E-state index in [0.29, 0.717) is 28.0 Å². The Bertz CT molecular complexity index is 859. The number of hydrogen-bond donors (Lipinski definition) is 1. The number of thioether (sulfide) groups is 1. The molecular weight excluding hydrogens is 368 g/mol. The highest BCUT2D eigenvalue weighted by atomic mass is 35.5. The van der Waals surface area contributed by atoms with E-state index in [4.69, 9.17) is 26.8 Å². The van der Waals surface area contributed by atoms with Gasteiger partial charge in [-0.25, -0.2) is 0 Å². The lowest BCUT2D eigenvalue weighted by atomic mass is 10.1. The molecule has 0 aliphatic carbocycles. The standard InChI is InChI=1S/C16H13ClN2O5S/c17-12-3-10-6-23-8-24-15(10)11(4-12)7-25-14-2-1-9(16(18)20)5-13(14)19(21)22/h1-5H,6-8H2,(H2,18,20). The van der Waals surface area contributed by atoms with Crippen molar-refractivity contribution in [2.24, 2.45) is 5.73 Å². The Kier molecular flexibility index (Phi) is 5.12. The number of ether oxygens (including phenoxy) is 2. The van der Waals surface area contributed by atoms with Gasteiger partial charge in [-0.3, -0.25) is 14.9 Å². The van der Waals surface area contributed by atoms with E-state index in [-0.39, 0.29) is 18.0 Å². The number of carbonyl (C=O) groups is 1. The minimum atomic E-state index is -0.711. The van der Waals surface area contributed by atoms with Gasteiger partial charge in [0.05, 0.1) is 16.4 Å². The van der Waals surface area contributed by atoms with Gasteiger partial charge in [0, 0.05) is 33.5 Å². The van der Waals surface area contributed by atoms with Gasteiger partial charge in [-0.1, -0.05) is 11.6 Å². The summed E-state index contributed by atoms with van der Waals surface area (Å²) in [5, 5.41) is 11.8. The monoisotopic (exact) mass is 380 g/mol. The summed E-state index contributed by atoms with van der Waals surface area (Å²) in [5.74, 6) is 0.399. The second-order valence-electron chi connectivity index (χ2n) is 5.26. The summed E-state index contributed by atoms with van der Waals surface area (Å²) in [4.78, 5) is 22.4. The molecule has 2 aromatic carbocycles. The van der Waals surface area contributed by atoms with Gasteiger partial charge in [0.15, 0.2) is 6.79 Å². The van der Waals surface area contributed by atoms with Crippen LogP contribution in [0.4, 0.5) is 5.69 Å². The van der Waals surface area contributed by atoms with Crippen LogP contribution in [0.3, 0.4) is 0 Å². The van der Waals surface area contributed by atoms with E-state index in [2.05, 4.69) is 0 Å². The fraction of sp³-hybridized carbons (Fsp3) is 0.188. The Morgan fingerprint density at radius 2 is 2.16 bits per heavy atom. The number of nitro groups is 1. The van der Waals surface area contributed by atoms with Crippen molar-refractivity contribution in [1.82, 2.24) is 0 Å². The Balaban J connectivity index is 1.88. The molecule has 0 unspecified atom stereocenters. The molecule has 1 amide bonds. The van der Waals surface area contributed by atoms with Crippen molar-refractivity contribution >= 4 is 35.0 Å². The third kappa shape index (κ3) is 3.87. The number of amides is 1. The molecule has 9 heteroatoms. The predicted molar refractivity (Wildman–Crippen MR) is 92.9 cm³/mol. The van der Waals surface area contributed by atoms with Crippen LogP contribution in [-0.2, 0) is 17.1 Å². The Labute approximate surface area is 152 Å². The van der Waals surface area contributed by atoms with Gasteiger partial charge in [0.1, 0.15) is 5.75 Å². The second kappa shape index (κ2) is 7.30. The topological polar surface area (TPSA) is 105 Å². The van der Waals surface area contributed by atoms with Gasteiger partial charge < -0.3 is 15.2 Å². The van der Waals surface area contributed by atoms with E-state index in [1.807, 2.05) is 0 Å². The lowest BCUT2D eigenvalue weighted by Crippen LogP contribution is -2.13. The third-order valence-electron chi connectivity index (χ3n) is 3.58. The van der Waals surface area contributed by atoms with Crippen LogP contribution in [0.2, 0.25) is 5.02 Å². The molecule has 1 heterocycles. The molecule has 0 saturated heterocycles. The molecule has 0 saturated carbocycles. The number of nitrogens with zero attached hydrogens (tertiary/aromatic N) is 1. The molecule has 0 spiro atoms. The minimum absolute atomic E-state index is 0.0941. The van der Waals surface area contributed by atoms with E-state index in [1.54, 1.807) is 12.1 Å². The van der Waals surface area contributed by atoms with E-state index in [9.17, 15) is 14.9 Å². The summed E-state index contributed by atoms with van der Waals surface area (Å²) in [5.41, 5.74) is 6.77.